The highest BCUT2D eigenvalue weighted by molar-refractivity contribution is 5.87. The summed E-state index contributed by atoms with van der Waals surface area (Å²) in [5, 5.41) is 15.7. The number of nitrogens with zero attached hydrogens (tertiary/aromatic N) is 1. The van der Waals surface area contributed by atoms with Gasteiger partial charge in [0.25, 0.3) is 0 Å². The molecule has 0 spiro atoms. The summed E-state index contributed by atoms with van der Waals surface area (Å²) in [4.78, 5) is 27.6. The van der Waals surface area contributed by atoms with Crippen molar-refractivity contribution < 1.29 is 19.4 Å². The molecule has 148 valence electrons. The van der Waals surface area contributed by atoms with Crippen molar-refractivity contribution in [1.82, 2.24) is 10.3 Å². The third-order valence-corrected chi connectivity index (χ3v) is 4.62. The number of carbonyl (C=O) groups is 2. The number of amides is 1. The van der Waals surface area contributed by atoms with Crippen LogP contribution in [0.25, 0.3) is 0 Å². The summed E-state index contributed by atoms with van der Waals surface area (Å²) in [5.74, 6) is -0.647. The van der Waals surface area contributed by atoms with Gasteiger partial charge in [0.2, 0.25) is 5.91 Å². The number of anilines is 2. The Morgan fingerprint density at radius 1 is 1.37 bits per heavy atom. The number of nitrogens with two attached hydrogens (primary N) is 1. The number of nitrogen functional groups attached to an aromatic ring is 1. The summed E-state index contributed by atoms with van der Waals surface area (Å²) < 4.78 is 6.14. The average molecular weight is 376 g/mol. The van der Waals surface area contributed by atoms with Crippen LogP contribution in [0.15, 0.2) is 30.0 Å². The summed E-state index contributed by atoms with van der Waals surface area (Å²) in [5.41, 5.74) is 6.45. The van der Waals surface area contributed by atoms with Crippen LogP contribution in [0.2, 0.25) is 0 Å². The number of pyridine rings is 1. The molecule has 0 fully saturated rings. The minimum absolute atomic E-state index is 0.0223. The lowest BCUT2D eigenvalue weighted by Gasteiger charge is -2.38. The van der Waals surface area contributed by atoms with Gasteiger partial charge >= 0.3 is 5.97 Å². The number of carbonyl (C=O) groups excluding carboxylic acids is 1. The fraction of sp³-hybridized carbons (Fsp3) is 0.526. The molecule has 0 aliphatic heterocycles. The molecule has 1 aromatic rings. The second kappa shape index (κ2) is 9.36. The maximum atomic E-state index is 11.8. The molecule has 2 rings (SSSR count). The van der Waals surface area contributed by atoms with E-state index in [1.54, 1.807) is 18.2 Å². The third-order valence-electron chi connectivity index (χ3n) is 4.62. The van der Waals surface area contributed by atoms with Crippen LogP contribution in [0.3, 0.4) is 0 Å². The van der Waals surface area contributed by atoms with E-state index in [4.69, 9.17) is 10.5 Å². The van der Waals surface area contributed by atoms with Gasteiger partial charge in [0.05, 0.1) is 36.2 Å². The van der Waals surface area contributed by atoms with Crippen molar-refractivity contribution in [3.8, 4) is 0 Å². The van der Waals surface area contributed by atoms with Crippen molar-refractivity contribution in [3.05, 3.63) is 30.0 Å². The zero-order chi connectivity index (χ0) is 20.0. The summed E-state index contributed by atoms with van der Waals surface area (Å²) in [6, 6.07) is 2.61. The molecule has 1 aliphatic carbocycles. The van der Waals surface area contributed by atoms with Gasteiger partial charge in [-0.1, -0.05) is 13.8 Å². The van der Waals surface area contributed by atoms with Crippen LogP contribution in [0.1, 0.15) is 40.0 Å². The fourth-order valence-electron chi connectivity index (χ4n) is 3.19. The number of hydrogen-bond acceptors (Lipinski definition) is 6. The SMILES string of the molecule is CCC(CC)O[C@@H]1C=C(C(=O)O)C[C@H](Nc2ccc(N)cn2)[C@H]1NC(C)=O. The summed E-state index contributed by atoms with van der Waals surface area (Å²) >= 11 is 0. The third kappa shape index (κ3) is 5.68. The van der Waals surface area contributed by atoms with E-state index in [2.05, 4.69) is 15.6 Å². The molecule has 0 aromatic carbocycles. The smallest absolute Gasteiger partial charge is 0.331 e. The van der Waals surface area contributed by atoms with E-state index in [1.807, 2.05) is 13.8 Å². The predicted molar refractivity (Wildman–Crippen MR) is 103 cm³/mol. The summed E-state index contributed by atoms with van der Waals surface area (Å²) in [6.45, 7) is 5.46. The van der Waals surface area contributed by atoms with Gasteiger partial charge in [0, 0.05) is 18.9 Å². The quantitative estimate of drug-likeness (QED) is 0.546. The molecule has 27 heavy (non-hydrogen) atoms. The van der Waals surface area contributed by atoms with Crippen LogP contribution in [-0.2, 0) is 14.3 Å². The van der Waals surface area contributed by atoms with E-state index in [9.17, 15) is 14.7 Å². The number of carboxylic acids is 1. The molecule has 8 nitrogen and oxygen atoms in total. The largest absolute Gasteiger partial charge is 0.478 e. The first-order chi connectivity index (χ1) is 12.8. The van der Waals surface area contributed by atoms with E-state index in [-0.39, 0.29) is 30.0 Å². The molecule has 8 heteroatoms. The van der Waals surface area contributed by atoms with Crippen molar-refractivity contribution in [2.24, 2.45) is 0 Å². The maximum absolute atomic E-state index is 11.8. The van der Waals surface area contributed by atoms with Crippen molar-refractivity contribution >= 4 is 23.4 Å². The zero-order valence-corrected chi connectivity index (χ0v) is 15.9. The molecule has 0 unspecified atom stereocenters. The number of aliphatic carboxylic acids is 1. The minimum atomic E-state index is -0.994. The molecular weight excluding hydrogens is 348 g/mol. The van der Waals surface area contributed by atoms with Crippen molar-refractivity contribution in [3.63, 3.8) is 0 Å². The monoisotopic (exact) mass is 376 g/mol. The first kappa shape index (κ1) is 20.7. The summed E-state index contributed by atoms with van der Waals surface area (Å²) in [7, 11) is 0. The second-order valence-electron chi connectivity index (χ2n) is 6.69. The first-order valence-electron chi connectivity index (χ1n) is 9.18. The highest BCUT2D eigenvalue weighted by Gasteiger charge is 2.37. The van der Waals surface area contributed by atoms with Gasteiger partial charge in [-0.25, -0.2) is 9.78 Å². The van der Waals surface area contributed by atoms with Crippen LogP contribution >= 0.6 is 0 Å². The van der Waals surface area contributed by atoms with E-state index in [0.29, 0.717) is 11.5 Å². The van der Waals surface area contributed by atoms with Gasteiger partial charge in [0.1, 0.15) is 5.82 Å². The van der Waals surface area contributed by atoms with E-state index < -0.39 is 18.1 Å². The number of nitrogens with one attached hydrogen (secondary N) is 2. The Labute approximate surface area is 159 Å². The van der Waals surface area contributed by atoms with Gasteiger partial charge in [-0.15, -0.1) is 0 Å². The molecule has 1 aromatic heterocycles. The number of carboxylic acid groups (broad SMARTS) is 1. The Morgan fingerprint density at radius 3 is 2.59 bits per heavy atom. The van der Waals surface area contributed by atoms with E-state index in [0.717, 1.165) is 12.8 Å². The van der Waals surface area contributed by atoms with Gasteiger partial charge in [-0.05, 0) is 31.1 Å². The van der Waals surface area contributed by atoms with Crippen LogP contribution in [0.5, 0.6) is 0 Å². The van der Waals surface area contributed by atoms with Gasteiger partial charge in [-0.3, -0.25) is 4.79 Å². The standard InChI is InChI=1S/C19H28N4O4/c1-4-14(5-2)27-16-9-12(19(25)26)8-15(18(16)22-11(3)24)23-17-7-6-13(20)10-21-17/h6-7,9-10,14-16,18H,4-5,8,20H2,1-3H3,(H,21,23)(H,22,24)(H,25,26)/t15-,16+,18+/m0/s1. The fourth-order valence-corrected chi connectivity index (χ4v) is 3.19. The average Bonchev–Trinajstić information content (AvgIpc) is 2.63. The van der Waals surface area contributed by atoms with Crippen LogP contribution in [-0.4, -0.2) is 46.3 Å². The highest BCUT2D eigenvalue weighted by atomic mass is 16.5. The molecule has 1 aliphatic rings. The second-order valence-corrected chi connectivity index (χ2v) is 6.69. The summed E-state index contributed by atoms with van der Waals surface area (Å²) in [6.07, 6.45) is 4.38. The molecule has 5 N–H and O–H groups in total. The first-order valence-corrected chi connectivity index (χ1v) is 9.18. The lowest BCUT2D eigenvalue weighted by molar-refractivity contribution is -0.133. The van der Waals surface area contributed by atoms with E-state index in [1.165, 1.54) is 13.1 Å². The molecule has 0 radical (unpaired) electrons. The Hall–Kier alpha value is -2.61. The Morgan fingerprint density at radius 2 is 2.07 bits per heavy atom. The molecule has 1 heterocycles. The predicted octanol–water partition coefficient (Wildman–Crippen LogP) is 1.94. The number of aromatic nitrogens is 1. The highest BCUT2D eigenvalue weighted by Crippen LogP contribution is 2.26. The zero-order valence-electron chi connectivity index (χ0n) is 15.9. The Kier molecular flexibility index (Phi) is 7.18. The molecule has 1 amide bonds. The van der Waals surface area contributed by atoms with Crippen LogP contribution < -0.4 is 16.4 Å². The molecule has 0 saturated heterocycles. The molecule has 0 bridgehead atoms. The maximum Gasteiger partial charge on any atom is 0.331 e. The van der Waals surface area contributed by atoms with Crippen LogP contribution in [0, 0.1) is 0 Å². The van der Waals surface area contributed by atoms with Crippen LogP contribution in [0.4, 0.5) is 11.5 Å². The van der Waals surface area contributed by atoms with Gasteiger partial charge < -0.3 is 26.2 Å². The lowest BCUT2D eigenvalue weighted by Crippen LogP contribution is -2.56. The normalized spacial score (nSPS) is 22.2. The van der Waals surface area contributed by atoms with Crippen molar-refractivity contribution in [2.45, 2.75) is 64.3 Å². The Balaban J connectivity index is 2.33. The van der Waals surface area contributed by atoms with Gasteiger partial charge in [0.15, 0.2) is 0 Å². The molecule has 0 saturated carbocycles. The molecule has 3 atom stereocenters. The lowest BCUT2D eigenvalue weighted by atomic mass is 9.87. The van der Waals surface area contributed by atoms with E-state index >= 15 is 0 Å². The number of hydrogen-bond donors (Lipinski definition) is 4. The Bertz CT molecular complexity index is 685. The number of ether oxygens (including phenoxy) is 1. The van der Waals surface area contributed by atoms with Crippen molar-refractivity contribution in [1.29, 1.82) is 0 Å². The van der Waals surface area contributed by atoms with Crippen molar-refractivity contribution in [2.75, 3.05) is 11.1 Å². The minimum Gasteiger partial charge on any atom is -0.478 e. The topological polar surface area (TPSA) is 127 Å². The number of rotatable bonds is 8. The van der Waals surface area contributed by atoms with Gasteiger partial charge in [-0.2, -0.15) is 0 Å². The molecular formula is C19H28N4O4.